The molecule has 0 aliphatic rings. The monoisotopic (exact) mass is 405 g/mol. The summed E-state index contributed by atoms with van der Waals surface area (Å²) in [5, 5.41) is 16.1. The van der Waals surface area contributed by atoms with E-state index in [1.165, 1.54) is 24.3 Å². The number of hydrogen-bond acceptors (Lipinski definition) is 5. The van der Waals surface area contributed by atoms with Crippen LogP contribution in [0.5, 0.6) is 0 Å². The number of aromatic amines is 2. The molecule has 0 saturated heterocycles. The Labute approximate surface area is 166 Å². The van der Waals surface area contributed by atoms with Crippen molar-refractivity contribution in [3.05, 3.63) is 35.7 Å². The predicted octanol–water partition coefficient (Wildman–Crippen LogP) is 2.15. The second kappa shape index (κ2) is 8.95. The predicted molar refractivity (Wildman–Crippen MR) is 104 cm³/mol. The summed E-state index contributed by atoms with van der Waals surface area (Å²) in [6.07, 6.45) is -0.850. The van der Waals surface area contributed by atoms with Crippen LogP contribution in [0.2, 0.25) is 0 Å². The van der Waals surface area contributed by atoms with Crippen LogP contribution in [0.4, 0.5) is 16.4 Å². The Morgan fingerprint density at radius 1 is 0.931 bits per heavy atom. The fourth-order valence-electron chi connectivity index (χ4n) is 2.18. The molecule has 0 aliphatic carbocycles. The number of rotatable bonds is 7. The van der Waals surface area contributed by atoms with Gasteiger partial charge in [0.05, 0.1) is 6.42 Å². The standard InChI is InChI=1S/C18H23N5O6/c1-18(2,3)29-17(28)23-13-7-5-11(21-13)16(27)22-12-6-4-10(20-12)15(26)19-9-8-14(24)25/h4-7,20-21H,8-9H2,1-3H3,(H,19,26)(H,22,27)(H,23,28)(H,24,25). The topological polar surface area (TPSA) is 165 Å². The van der Waals surface area contributed by atoms with Gasteiger partial charge in [-0.2, -0.15) is 0 Å². The first-order valence-corrected chi connectivity index (χ1v) is 8.73. The normalized spacial score (nSPS) is 10.9. The van der Waals surface area contributed by atoms with E-state index in [0.29, 0.717) is 0 Å². The number of aromatic nitrogens is 2. The van der Waals surface area contributed by atoms with Gasteiger partial charge in [0.15, 0.2) is 0 Å². The van der Waals surface area contributed by atoms with Crippen LogP contribution in [-0.4, -0.2) is 51.1 Å². The number of carbonyl (C=O) groups is 4. The average Bonchev–Trinajstić information content (AvgIpc) is 3.22. The SMILES string of the molecule is CC(C)(C)OC(=O)Nc1ccc(C(=O)Nc2ccc(C(=O)NCCC(=O)O)[nH]2)[nH]1. The third kappa shape index (κ3) is 7.05. The highest BCUT2D eigenvalue weighted by atomic mass is 16.6. The molecule has 2 heterocycles. The third-order valence-electron chi connectivity index (χ3n) is 3.37. The van der Waals surface area contributed by atoms with Gasteiger partial charge >= 0.3 is 12.1 Å². The number of amides is 3. The average molecular weight is 405 g/mol. The van der Waals surface area contributed by atoms with Gasteiger partial charge in [-0.1, -0.05) is 0 Å². The summed E-state index contributed by atoms with van der Waals surface area (Å²) in [7, 11) is 0. The van der Waals surface area contributed by atoms with Crippen molar-refractivity contribution in [3.63, 3.8) is 0 Å². The van der Waals surface area contributed by atoms with Gasteiger partial charge in [-0.05, 0) is 45.0 Å². The number of H-pyrrole nitrogens is 2. The van der Waals surface area contributed by atoms with E-state index < -0.39 is 29.5 Å². The zero-order chi connectivity index (χ0) is 21.6. The Hall–Kier alpha value is -3.76. The largest absolute Gasteiger partial charge is 0.481 e. The van der Waals surface area contributed by atoms with E-state index in [1.807, 2.05) is 0 Å². The molecular formula is C18H23N5O6. The van der Waals surface area contributed by atoms with E-state index in [1.54, 1.807) is 20.8 Å². The Balaban J connectivity index is 1.90. The molecule has 0 spiro atoms. The molecule has 11 nitrogen and oxygen atoms in total. The molecular weight excluding hydrogens is 382 g/mol. The first-order chi connectivity index (χ1) is 13.5. The minimum absolute atomic E-state index is 0.00915. The maximum Gasteiger partial charge on any atom is 0.413 e. The summed E-state index contributed by atoms with van der Waals surface area (Å²) in [6.45, 7) is 5.19. The van der Waals surface area contributed by atoms with Crippen LogP contribution in [0.3, 0.4) is 0 Å². The van der Waals surface area contributed by atoms with Crippen molar-refractivity contribution in [3.8, 4) is 0 Å². The van der Waals surface area contributed by atoms with Crippen molar-refractivity contribution in [2.24, 2.45) is 0 Å². The molecule has 2 aromatic rings. The van der Waals surface area contributed by atoms with E-state index in [2.05, 4.69) is 25.9 Å². The zero-order valence-electron chi connectivity index (χ0n) is 16.2. The number of carboxylic acid groups (broad SMARTS) is 1. The lowest BCUT2D eigenvalue weighted by Gasteiger charge is -2.19. The quantitative estimate of drug-likeness (QED) is 0.413. The van der Waals surface area contributed by atoms with Crippen molar-refractivity contribution in [2.75, 3.05) is 17.2 Å². The van der Waals surface area contributed by atoms with Crippen LogP contribution in [0.25, 0.3) is 0 Å². The molecule has 0 aromatic carbocycles. The lowest BCUT2D eigenvalue weighted by atomic mass is 10.2. The van der Waals surface area contributed by atoms with E-state index in [4.69, 9.17) is 9.84 Å². The number of nitrogens with one attached hydrogen (secondary N) is 5. The highest BCUT2D eigenvalue weighted by molar-refractivity contribution is 6.03. The molecule has 156 valence electrons. The molecule has 6 N–H and O–H groups in total. The van der Waals surface area contributed by atoms with Crippen LogP contribution in [0, 0.1) is 0 Å². The number of carboxylic acids is 1. The Kier molecular flexibility index (Phi) is 6.65. The molecule has 2 aromatic heterocycles. The molecule has 0 aliphatic heterocycles. The summed E-state index contributed by atoms with van der Waals surface area (Å²) in [5.74, 6) is -1.45. The van der Waals surface area contributed by atoms with Gasteiger partial charge in [0.1, 0.15) is 28.6 Å². The summed E-state index contributed by atoms with van der Waals surface area (Å²) in [6, 6.07) is 5.93. The van der Waals surface area contributed by atoms with Crippen molar-refractivity contribution in [1.82, 2.24) is 15.3 Å². The fourth-order valence-corrected chi connectivity index (χ4v) is 2.18. The molecule has 3 amide bonds. The minimum atomic E-state index is -1.02. The molecule has 0 saturated carbocycles. The second-order valence-electron chi connectivity index (χ2n) is 7.05. The molecule has 11 heteroatoms. The van der Waals surface area contributed by atoms with E-state index in [9.17, 15) is 19.2 Å². The Morgan fingerprint density at radius 2 is 1.48 bits per heavy atom. The Bertz CT molecular complexity index is 908. The maximum absolute atomic E-state index is 12.3. The van der Waals surface area contributed by atoms with Gasteiger partial charge in [0.2, 0.25) is 0 Å². The van der Waals surface area contributed by atoms with Crippen LogP contribution >= 0.6 is 0 Å². The van der Waals surface area contributed by atoms with Crippen LogP contribution < -0.4 is 16.0 Å². The number of ether oxygens (including phenoxy) is 1. The van der Waals surface area contributed by atoms with Crippen molar-refractivity contribution in [2.45, 2.75) is 32.8 Å². The summed E-state index contributed by atoms with van der Waals surface area (Å²) < 4.78 is 5.13. The van der Waals surface area contributed by atoms with Crippen molar-refractivity contribution < 1.29 is 29.0 Å². The second-order valence-corrected chi connectivity index (χ2v) is 7.05. The molecule has 0 bridgehead atoms. The van der Waals surface area contributed by atoms with Gasteiger partial charge in [-0.25, -0.2) is 4.79 Å². The van der Waals surface area contributed by atoms with E-state index in [0.717, 1.165) is 0 Å². The first kappa shape index (κ1) is 21.5. The van der Waals surface area contributed by atoms with Crippen molar-refractivity contribution >= 4 is 35.5 Å². The third-order valence-corrected chi connectivity index (χ3v) is 3.37. The summed E-state index contributed by atoms with van der Waals surface area (Å²) in [4.78, 5) is 51.9. The van der Waals surface area contributed by atoms with Crippen LogP contribution in [-0.2, 0) is 9.53 Å². The minimum Gasteiger partial charge on any atom is -0.481 e. The van der Waals surface area contributed by atoms with E-state index in [-0.39, 0.29) is 36.0 Å². The van der Waals surface area contributed by atoms with E-state index >= 15 is 0 Å². The Morgan fingerprint density at radius 3 is 2.03 bits per heavy atom. The molecule has 0 unspecified atom stereocenters. The van der Waals surface area contributed by atoms with Gasteiger partial charge in [0, 0.05) is 6.54 Å². The lowest BCUT2D eigenvalue weighted by molar-refractivity contribution is -0.136. The maximum atomic E-state index is 12.3. The molecule has 0 fully saturated rings. The fraction of sp³-hybridized carbons (Fsp3) is 0.333. The summed E-state index contributed by atoms with van der Waals surface area (Å²) >= 11 is 0. The van der Waals surface area contributed by atoms with Crippen LogP contribution in [0.15, 0.2) is 24.3 Å². The first-order valence-electron chi connectivity index (χ1n) is 8.73. The molecule has 0 atom stereocenters. The molecule has 0 radical (unpaired) electrons. The zero-order valence-corrected chi connectivity index (χ0v) is 16.2. The molecule has 29 heavy (non-hydrogen) atoms. The number of aliphatic carboxylic acids is 1. The van der Waals surface area contributed by atoms with Gasteiger partial charge in [0.25, 0.3) is 11.8 Å². The molecule has 2 rings (SSSR count). The highest BCUT2D eigenvalue weighted by Crippen LogP contribution is 2.14. The van der Waals surface area contributed by atoms with Crippen molar-refractivity contribution in [1.29, 1.82) is 0 Å². The highest BCUT2D eigenvalue weighted by Gasteiger charge is 2.17. The smallest absolute Gasteiger partial charge is 0.413 e. The number of anilines is 2. The summed E-state index contributed by atoms with van der Waals surface area (Å²) in [5.41, 5.74) is -0.301. The van der Waals surface area contributed by atoms with Crippen LogP contribution in [0.1, 0.15) is 48.2 Å². The number of carbonyl (C=O) groups excluding carboxylic acids is 3. The van der Waals surface area contributed by atoms with Gasteiger partial charge < -0.3 is 30.4 Å². The van der Waals surface area contributed by atoms with Gasteiger partial charge in [-0.15, -0.1) is 0 Å². The lowest BCUT2D eigenvalue weighted by Crippen LogP contribution is -2.27. The number of hydrogen-bond donors (Lipinski definition) is 6. The van der Waals surface area contributed by atoms with Gasteiger partial charge in [-0.3, -0.25) is 19.7 Å².